The van der Waals surface area contributed by atoms with Crippen molar-refractivity contribution in [3.05, 3.63) is 29.8 Å². The second kappa shape index (κ2) is 7.31. The third kappa shape index (κ3) is 6.35. The number of Topliss-reactive ketones (excluding diaryl/α,β-unsaturated/α-hetero) is 1. The van der Waals surface area contributed by atoms with Gasteiger partial charge in [0.15, 0.2) is 0 Å². The lowest BCUT2D eigenvalue weighted by Gasteiger charge is -2.05. The quantitative estimate of drug-likeness (QED) is 0.737. The number of rotatable bonds is 7. The van der Waals surface area contributed by atoms with Crippen LogP contribution in [-0.4, -0.2) is 22.8 Å². The summed E-state index contributed by atoms with van der Waals surface area (Å²) in [6, 6.07) is 7.17. The third-order valence-corrected chi connectivity index (χ3v) is 2.50. The highest BCUT2D eigenvalue weighted by Crippen LogP contribution is 2.12. The van der Waals surface area contributed by atoms with Gasteiger partial charge in [0.2, 0.25) is 5.91 Å². The molecule has 0 atom stereocenters. The van der Waals surface area contributed by atoms with Gasteiger partial charge in [0.1, 0.15) is 5.78 Å². The minimum absolute atomic E-state index is 0.125. The lowest BCUT2D eigenvalue weighted by Crippen LogP contribution is -2.14. The van der Waals surface area contributed by atoms with Crippen LogP contribution in [0.25, 0.3) is 0 Å². The minimum atomic E-state index is -0.798. The SMILES string of the molecule is CC(=O)CC(=O)Nc1ccc(CCCC(=O)O)cc1. The number of ketones is 1. The van der Waals surface area contributed by atoms with E-state index in [2.05, 4.69) is 5.32 Å². The van der Waals surface area contributed by atoms with Gasteiger partial charge in [0, 0.05) is 12.1 Å². The monoisotopic (exact) mass is 263 g/mol. The number of nitrogens with one attached hydrogen (secondary N) is 1. The molecule has 0 radical (unpaired) electrons. The molecule has 1 aromatic carbocycles. The Morgan fingerprint density at radius 2 is 1.79 bits per heavy atom. The number of aryl methyl sites for hydroxylation is 1. The van der Waals surface area contributed by atoms with Crippen LogP contribution in [0.4, 0.5) is 5.69 Å². The zero-order valence-corrected chi connectivity index (χ0v) is 10.8. The summed E-state index contributed by atoms with van der Waals surface area (Å²) in [7, 11) is 0. The lowest BCUT2D eigenvalue weighted by molar-refractivity contribution is -0.137. The van der Waals surface area contributed by atoms with E-state index >= 15 is 0 Å². The zero-order chi connectivity index (χ0) is 14.3. The van der Waals surface area contributed by atoms with Gasteiger partial charge in [-0.1, -0.05) is 12.1 Å². The zero-order valence-electron chi connectivity index (χ0n) is 10.8. The number of hydrogen-bond donors (Lipinski definition) is 2. The van der Waals surface area contributed by atoms with Crippen molar-refractivity contribution in [1.82, 2.24) is 0 Å². The molecule has 0 spiro atoms. The molecule has 0 fully saturated rings. The minimum Gasteiger partial charge on any atom is -0.481 e. The summed E-state index contributed by atoms with van der Waals surface area (Å²) in [5.41, 5.74) is 1.65. The number of anilines is 1. The Morgan fingerprint density at radius 3 is 2.32 bits per heavy atom. The van der Waals surface area contributed by atoms with Crippen molar-refractivity contribution < 1.29 is 19.5 Å². The first-order valence-corrected chi connectivity index (χ1v) is 6.07. The van der Waals surface area contributed by atoms with Crippen LogP contribution in [0.1, 0.15) is 31.7 Å². The van der Waals surface area contributed by atoms with E-state index in [0.29, 0.717) is 18.5 Å². The number of carbonyl (C=O) groups is 3. The van der Waals surface area contributed by atoms with Crippen LogP contribution < -0.4 is 5.32 Å². The predicted molar refractivity (Wildman–Crippen MR) is 70.9 cm³/mol. The molecule has 0 aliphatic heterocycles. The average molecular weight is 263 g/mol. The van der Waals surface area contributed by atoms with Crippen LogP contribution in [0.2, 0.25) is 0 Å². The Hall–Kier alpha value is -2.17. The lowest BCUT2D eigenvalue weighted by atomic mass is 10.1. The molecule has 0 saturated heterocycles. The van der Waals surface area contributed by atoms with Gasteiger partial charge in [-0.3, -0.25) is 14.4 Å². The Bertz CT molecular complexity index is 465. The van der Waals surface area contributed by atoms with Gasteiger partial charge in [-0.05, 0) is 37.5 Å². The summed E-state index contributed by atoms with van der Waals surface area (Å²) in [6.45, 7) is 1.37. The molecular weight excluding hydrogens is 246 g/mol. The molecule has 0 aliphatic rings. The largest absolute Gasteiger partial charge is 0.481 e. The number of amides is 1. The van der Waals surface area contributed by atoms with Gasteiger partial charge in [-0.2, -0.15) is 0 Å². The predicted octanol–water partition coefficient (Wildman–Crippen LogP) is 2.01. The van der Waals surface area contributed by atoms with Crippen LogP contribution in [0.3, 0.4) is 0 Å². The van der Waals surface area contributed by atoms with Gasteiger partial charge in [-0.25, -0.2) is 0 Å². The summed E-state index contributed by atoms with van der Waals surface area (Å²) in [5, 5.41) is 11.2. The van der Waals surface area contributed by atoms with E-state index in [9.17, 15) is 14.4 Å². The smallest absolute Gasteiger partial charge is 0.303 e. The molecule has 19 heavy (non-hydrogen) atoms. The number of carboxylic acid groups (broad SMARTS) is 1. The van der Waals surface area contributed by atoms with Crippen molar-refractivity contribution >= 4 is 23.3 Å². The molecule has 5 heteroatoms. The first kappa shape index (κ1) is 14.9. The molecule has 0 heterocycles. The molecule has 0 aromatic heterocycles. The molecule has 102 valence electrons. The van der Waals surface area contributed by atoms with Crippen molar-refractivity contribution in [3.8, 4) is 0 Å². The van der Waals surface area contributed by atoms with Gasteiger partial charge in [0.25, 0.3) is 0 Å². The molecular formula is C14H17NO4. The number of benzene rings is 1. The van der Waals surface area contributed by atoms with Crippen LogP contribution in [0.15, 0.2) is 24.3 Å². The Morgan fingerprint density at radius 1 is 1.16 bits per heavy atom. The summed E-state index contributed by atoms with van der Waals surface area (Å²) >= 11 is 0. The van der Waals surface area contributed by atoms with E-state index in [0.717, 1.165) is 5.56 Å². The van der Waals surface area contributed by atoms with Gasteiger partial charge in [-0.15, -0.1) is 0 Å². The Kier molecular flexibility index (Phi) is 5.73. The van der Waals surface area contributed by atoms with E-state index < -0.39 is 5.97 Å². The molecule has 0 unspecified atom stereocenters. The topological polar surface area (TPSA) is 83.5 Å². The fraction of sp³-hybridized carbons (Fsp3) is 0.357. The highest BCUT2D eigenvalue weighted by atomic mass is 16.4. The first-order chi connectivity index (χ1) is 8.97. The van der Waals surface area contributed by atoms with Gasteiger partial charge in [0.05, 0.1) is 6.42 Å². The van der Waals surface area contributed by atoms with Crippen LogP contribution in [0.5, 0.6) is 0 Å². The first-order valence-electron chi connectivity index (χ1n) is 6.07. The van der Waals surface area contributed by atoms with Crippen LogP contribution >= 0.6 is 0 Å². The highest BCUT2D eigenvalue weighted by molar-refractivity contribution is 6.03. The second-order valence-electron chi connectivity index (χ2n) is 4.37. The van der Waals surface area contributed by atoms with Crippen molar-refractivity contribution in [2.45, 2.75) is 32.6 Å². The standard InChI is InChI=1S/C14H17NO4/c1-10(16)9-13(17)15-12-7-5-11(6-8-12)3-2-4-14(18)19/h5-8H,2-4,9H2,1H3,(H,15,17)(H,18,19). The van der Waals surface area contributed by atoms with Gasteiger partial charge < -0.3 is 10.4 Å². The van der Waals surface area contributed by atoms with Crippen LogP contribution in [-0.2, 0) is 20.8 Å². The Balaban J connectivity index is 2.45. The third-order valence-electron chi connectivity index (χ3n) is 2.50. The molecule has 2 N–H and O–H groups in total. The van der Waals surface area contributed by atoms with Crippen molar-refractivity contribution in [1.29, 1.82) is 0 Å². The molecule has 1 aromatic rings. The molecule has 1 amide bonds. The summed E-state index contributed by atoms with van der Waals surface area (Å²) in [5.74, 6) is -1.30. The molecule has 0 aliphatic carbocycles. The fourth-order valence-corrected chi connectivity index (χ4v) is 1.63. The number of aliphatic carboxylic acids is 1. The maximum absolute atomic E-state index is 11.4. The summed E-state index contributed by atoms with van der Waals surface area (Å²) in [6.07, 6.45) is 1.30. The van der Waals surface area contributed by atoms with Crippen LogP contribution in [0, 0.1) is 0 Å². The number of hydrogen-bond acceptors (Lipinski definition) is 3. The maximum Gasteiger partial charge on any atom is 0.303 e. The normalized spacial score (nSPS) is 9.95. The van der Waals surface area contributed by atoms with E-state index in [-0.39, 0.29) is 24.5 Å². The summed E-state index contributed by atoms with van der Waals surface area (Å²) < 4.78 is 0. The molecule has 0 saturated carbocycles. The number of carboxylic acids is 1. The number of carbonyl (C=O) groups excluding carboxylic acids is 2. The maximum atomic E-state index is 11.4. The highest BCUT2D eigenvalue weighted by Gasteiger charge is 2.05. The molecule has 1 rings (SSSR count). The summed E-state index contributed by atoms with van der Waals surface area (Å²) in [4.78, 5) is 32.5. The van der Waals surface area contributed by atoms with E-state index in [1.54, 1.807) is 12.1 Å². The van der Waals surface area contributed by atoms with Gasteiger partial charge >= 0.3 is 5.97 Å². The van der Waals surface area contributed by atoms with E-state index in [4.69, 9.17) is 5.11 Å². The Labute approximate surface area is 111 Å². The fourth-order valence-electron chi connectivity index (χ4n) is 1.63. The molecule has 0 bridgehead atoms. The molecule has 5 nitrogen and oxygen atoms in total. The van der Waals surface area contributed by atoms with E-state index in [1.165, 1.54) is 6.92 Å². The van der Waals surface area contributed by atoms with E-state index in [1.807, 2.05) is 12.1 Å². The average Bonchev–Trinajstić information content (AvgIpc) is 2.29. The van der Waals surface area contributed by atoms with Crippen molar-refractivity contribution in [2.75, 3.05) is 5.32 Å². The van der Waals surface area contributed by atoms with Crippen molar-refractivity contribution in [2.24, 2.45) is 0 Å². The van der Waals surface area contributed by atoms with Crippen molar-refractivity contribution in [3.63, 3.8) is 0 Å². The second-order valence-corrected chi connectivity index (χ2v) is 4.37.